The number of rotatable bonds is 5. The molecule has 0 bridgehead atoms. The summed E-state index contributed by atoms with van der Waals surface area (Å²) in [4.78, 5) is 12.7. The molecule has 138 valence electrons. The molecule has 2 aromatic carbocycles. The second-order valence-corrected chi connectivity index (χ2v) is 8.80. The predicted molar refractivity (Wildman–Crippen MR) is 104 cm³/mol. The maximum absolute atomic E-state index is 12.6. The van der Waals surface area contributed by atoms with E-state index in [0.29, 0.717) is 0 Å². The van der Waals surface area contributed by atoms with E-state index in [0.717, 1.165) is 11.1 Å². The van der Waals surface area contributed by atoms with Crippen LogP contribution in [-0.4, -0.2) is 25.6 Å². The fourth-order valence-electron chi connectivity index (χ4n) is 2.26. The molecule has 0 aliphatic carbocycles. The van der Waals surface area contributed by atoms with Gasteiger partial charge in [-0.15, -0.1) is 0 Å². The zero-order valence-electron chi connectivity index (χ0n) is 15.5. The summed E-state index contributed by atoms with van der Waals surface area (Å²) in [6, 6.07) is 15.6. The number of hydrogen-bond donors (Lipinski definition) is 1. The van der Waals surface area contributed by atoms with Crippen LogP contribution in [0.1, 0.15) is 31.9 Å². The molecule has 2 rings (SSSR count). The molecule has 26 heavy (non-hydrogen) atoms. The Morgan fingerprint density at radius 3 is 2.12 bits per heavy atom. The van der Waals surface area contributed by atoms with Crippen LogP contribution in [-0.2, 0) is 21.2 Å². The Balaban J connectivity index is 2.42. The number of carbonyl (C=O) groups is 1. The molecule has 0 unspecified atom stereocenters. The number of nitrogens with one attached hydrogen (secondary N) is 1. The SMILES string of the molecule is Cc1ccc(S(=O)(=O)/N=C(/Cc2ccccc2)C(=O)NC(C)(C)C)cc1. The molecule has 1 amide bonds. The average Bonchev–Trinajstić information content (AvgIpc) is 2.54. The Labute approximate surface area is 155 Å². The van der Waals surface area contributed by atoms with Crippen LogP contribution in [0.4, 0.5) is 0 Å². The Morgan fingerprint density at radius 1 is 1.00 bits per heavy atom. The van der Waals surface area contributed by atoms with Crippen molar-refractivity contribution >= 4 is 21.6 Å². The first-order chi connectivity index (χ1) is 12.1. The van der Waals surface area contributed by atoms with Gasteiger partial charge in [-0.3, -0.25) is 4.79 Å². The first-order valence-electron chi connectivity index (χ1n) is 8.34. The van der Waals surface area contributed by atoms with Crippen molar-refractivity contribution in [2.24, 2.45) is 4.40 Å². The Hall–Kier alpha value is -2.47. The van der Waals surface area contributed by atoms with E-state index >= 15 is 0 Å². The smallest absolute Gasteiger partial charge is 0.282 e. The molecular formula is C20H24N2O3S. The largest absolute Gasteiger partial charge is 0.346 e. The molecule has 0 saturated heterocycles. The zero-order chi connectivity index (χ0) is 19.4. The van der Waals surface area contributed by atoms with Crippen LogP contribution in [0, 0.1) is 6.92 Å². The molecule has 0 radical (unpaired) electrons. The van der Waals surface area contributed by atoms with Gasteiger partial charge in [-0.05, 0) is 45.4 Å². The molecule has 0 saturated carbocycles. The van der Waals surface area contributed by atoms with Gasteiger partial charge in [-0.1, -0.05) is 48.0 Å². The van der Waals surface area contributed by atoms with E-state index < -0.39 is 21.5 Å². The lowest BCUT2D eigenvalue weighted by Gasteiger charge is -2.21. The molecule has 0 atom stereocenters. The van der Waals surface area contributed by atoms with Gasteiger partial charge in [0, 0.05) is 12.0 Å². The summed E-state index contributed by atoms with van der Waals surface area (Å²) in [5.41, 5.74) is 1.23. The minimum atomic E-state index is -3.97. The maximum atomic E-state index is 12.6. The van der Waals surface area contributed by atoms with E-state index in [1.807, 2.05) is 58.0 Å². The standard InChI is InChI=1S/C20H24N2O3S/c1-15-10-12-17(13-11-15)26(24,25)22-18(19(23)21-20(2,3)4)14-16-8-6-5-7-9-16/h5-13H,14H2,1-4H3,(H,21,23)/b22-18-. The lowest BCUT2D eigenvalue weighted by molar-refractivity contribution is -0.116. The molecule has 0 heterocycles. The topological polar surface area (TPSA) is 75.6 Å². The monoisotopic (exact) mass is 372 g/mol. The molecule has 2 aromatic rings. The highest BCUT2D eigenvalue weighted by atomic mass is 32.2. The van der Waals surface area contributed by atoms with Crippen molar-refractivity contribution in [3.63, 3.8) is 0 Å². The third-order valence-electron chi connectivity index (χ3n) is 3.51. The maximum Gasteiger partial charge on any atom is 0.282 e. The molecule has 0 aromatic heterocycles. The number of nitrogens with zero attached hydrogens (tertiary/aromatic N) is 1. The van der Waals surface area contributed by atoms with Gasteiger partial charge < -0.3 is 5.32 Å². The van der Waals surface area contributed by atoms with Gasteiger partial charge in [-0.2, -0.15) is 12.8 Å². The van der Waals surface area contributed by atoms with Gasteiger partial charge in [0.2, 0.25) is 0 Å². The van der Waals surface area contributed by atoms with E-state index in [1.165, 1.54) is 12.1 Å². The van der Waals surface area contributed by atoms with Crippen molar-refractivity contribution in [1.29, 1.82) is 0 Å². The van der Waals surface area contributed by atoms with Crippen LogP contribution in [0.15, 0.2) is 63.9 Å². The van der Waals surface area contributed by atoms with Crippen LogP contribution >= 0.6 is 0 Å². The second-order valence-electron chi connectivity index (χ2n) is 7.19. The van der Waals surface area contributed by atoms with Gasteiger partial charge in [0.1, 0.15) is 5.71 Å². The number of sulfonamides is 1. The second kappa shape index (κ2) is 7.83. The minimum Gasteiger partial charge on any atom is -0.346 e. The zero-order valence-corrected chi connectivity index (χ0v) is 16.3. The quantitative estimate of drug-likeness (QED) is 0.819. The highest BCUT2D eigenvalue weighted by Gasteiger charge is 2.22. The van der Waals surface area contributed by atoms with Gasteiger partial charge in [0.15, 0.2) is 0 Å². The van der Waals surface area contributed by atoms with Gasteiger partial charge in [0.25, 0.3) is 15.9 Å². The molecular weight excluding hydrogens is 348 g/mol. The summed E-state index contributed by atoms with van der Waals surface area (Å²) in [6.07, 6.45) is 0.133. The Morgan fingerprint density at radius 2 is 1.58 bits per heavy atom. The van der Waals surface area contributed by atoms with E-state index in [1.54, 1.807) is 12.1 Å². The van der Waals surface area contributed by atoms with Crippen molar-refractivity contribution in [3.8, 4) is 0 Å². The predicted octanol–water partition coefficient (Wildman–Crippen LogP) is 3.28. The number of amides is 1. The van der Waals surface area contributed by atoms with Gasteiger partial charge in [0.05, 0.1) is 4.90 Å². The van der Waals surface area contributed by atoms with Crippen LogP contribution in [0.2, 0.25) is 0 Å². The summed E-state index contributed by atoms with van der Waals surface area (Å²) in [5.74, 6) is -0.489. The van der Waals surface area contributed by atoms with E-state index in [9.17, 15) is 13.2 Å². The number of benzene rings is 2. The Bertz CT molecular complexity index is 894. The first-order valence-corrected chi connectivity index (χ1v) is 9.78. The summed E-state index contributed by atoms with van der Waals surface area (Å²) in [6.45, 7) is 7.37. The van der Waals surface area contributed by atoms with Crippen molar-refractivity contribution in [3.05, 3.63) is 65.7 Å². The molecule has 0 aliphatic rings. The number of aryl methyl sites for hydroxylation is 1. The third kappa shape index (κ3) is 5.81. The minimum absolute atomic E-state index is 0.0355. The highest BCUT2D eigenvalue weighted by molar-refractivity contribution is 7.90. The molecule has 6 heteroatoms. The van der Waals surface area contributed by atoms with Crippen molar-refractivity contribution in [1.82, 2.24) is 5.32 Å². The molecule has 0 fully saturated rings. The van der Waals surface area contributed by atoms with Gasteiger partial charge >= 0.3 is 0 Å². The average molecular weight is 372 g/mol. The van der Waals surface area contributed by atoms with Gasteiger partial charge in [-0.25, -0.2) is 0 Å². The van der Waals surface area contributed by atoms with Crippen LogP contribution in [0.5, 0.6) is 0 Å². The summed E-state index contributed by atoms with van der Waals surface area (Å²) in [7, 11) is -3.97. The van der Waals surface area contributed by atoms with Crippen LogP contribution < -0.4 is 5.32 Å². The van der Waals surface area contributed by atoms with Crippen molar-refractivity contribution < 1.29 is 13.2 Å². The van der Waals surface area contributed by atoms with Crippen LogP contribution in [0.25, 0.3) is 0 Å². The Kier molecular flexibility index (Phi) is 5.97. The molecule has 0 aliphatic heterocycles. The fourth-order valence-corrected chi connectivity index (χ4v) is 3.29. The molecule has 1 N–H and O–H groups in total. The highest BCUT2D eigenvalue weighted by Crippen LogP contribution is 2.15. The fraction of sp³-hybridized carbons (Fsp3) is 0.300. The summed E-state index contributed by atoms with van der Waals surface area (Å²) < 4.78 is 29.2. The molecule has 0 spiro atoms. The van der Waals surface area contributed by atoms with E-state index in [4.69, 9.17) is 0 Å². The summed E-state index contributed by atoms with van der Waals surface area (Å²) in [5, 5.41) is 2.79. The lowest BCUT2D eigenvalue weighted by Crippen LogP contribution is -2.45. The number of hydrogen-bond acceptors (Lipinski definition) is 3. The van der Waals surface area contributed by atoms with E-state index in [2.05, 4.69) is 9.71 Å². The lowest BCUT2D eigenvalue weighted by atomic mass is 10.1. The number of carbonyl (C=O) groups excluding carboxylic acids is 1. The third-order valence-corrected chi connectivity index (χ3v) is 4.84. The normalized spacial score (nSPS) is 12.7. The summed E-state index contributed by atoms with van der Waals surface area (Å²) >= 11 is 0. The van der Waals surface area contributed by atoms with Crippen molar-refractivity contribution in [2.45, 2.75) is 44.6 Å². The molecule has 5 nitrogen and oxygen atoms in total. The first kappa shape index (κ1) is 19.8. The van der Waals surface area contributed by atoms with Crippen LogP contribution in [0.3, 0.4) is 0 Å². The van der Waals surface area contributed by atoms with Crippen molar-refractivity contribution in [2.75, 3.05) is 0 Å². The van der Waals surface area contributed by atoms with E-state index in [-0.39, 0.29) is 17.0 Å².